The van der Waals surface area contributed by atoms with Crippen LogP contribution in [0.1, 0.15) is 29.9 Å². The Hall–Kier alpha value is -5.00. The molecule has 0 spiro atoms. The van der Waals surface area contributed by atoms with E-state index in [0.717, 1.165) is 16.0 Å². The molecule has 0 fully saturated rings. The molecule has 5 aromatic rings. The number of ether oxygens (including phenoxy) is 1. The monoisotopic (exact) mass is 623 g/mol. The first kappa shape index (κ1) is 29.1. The molecule has 0 amide bonds. The van der Waals surface area contributed by atoms with Gasteiger partial charge in [0.2, 0.25) is 0 Å². The molecular weight excluding hydrogens is 599 g/mol. The molecule has 9 nitrogen and oxygen atoms in total. The summed E-state index contributed by atoms with van der Waals surface area (Å²) in [6.45, 7) is 1.91. The van der Waals surface area contributed by atoms with Gasteiger partial charge in [0.1, 0.15) is 11.5 Å². The predicted molar refractivity (Wildman–Crippen MR) is 170 cm³/mol. The number of fused-ring (bicyclic) bond motifs is 1. The van der Waals surface area contributed by atoms with E-state index in [4.69, 9.17) is 14.1 Å². The van der Waals surface area contributed by atoms with Gasteiger partial charge in [0.15, 0.2) is 4.80 Å². The van der Waals surface area contributed by atoms with Gasteiger partial charge in [-0.1, -0.05) is 53.8 Å². The van der Waals surface area contributed by atoms with Crippen LogP contribution in [0.25, 0.3) is 23.1 Å². The minimum Gasteiger partial charge on any atom is -0.463 e. The summed E-state index contributed by atoms with van der Waals surface area (Å²) in [5, 5.41) is 11.0. The zero-order chi connectivity index (χ0) is 30.8. The molecule has 0 N–H and O–H groups in total. The SMILES string of the molecule is CCOC(=O)C1=C(c2ccccc2)N=c2s/c(=C\c3ccc(-c4ccc([N+](=O)[O-])cc4)o3)c(=O)n2[C@@H]1c1ccc(SC)cc1. The third-order valence-electron chi connectivity index (χ3n) is 7.07. The summed E-state index contributed by atoms with van der Waals surface area (Å²) in [7, 11) is 0. The normalized spacial score (nSPS) is 14.7. The highest BCUT2D eigenvalue weighted by atomic mass is 32.2. The lowest BCUT2D eigenvalue weighted by atomic mass is 9.93. The van der Waals surface area contributed by atoms with Crippen molar-refractivity contribution in [1.82, 2.24) is 4.57 Å². The fourth-order valence-electron chi connectivity index (χ4n) is 5.00. The predicted octanol–water partition coefficient (Wildman–Crippen LogP) is 5.83. The van der Waals surface area contributed by atoms with Crippen LogP contribution in [-0.2, 0) is 9.53 Å². The summed E-state index contributed by atoms with van der Waals surface area (Å²) in [4.78, 5) is 44.6. The van der Waals surface area contributed by atoms with E-state index in [0.29, 0.717) is 32.1 Å². The first-order chi connectivity index (χ1) is 21.4. The molecule has 0 saturated carbocycles. The molecule has 1 aliphatic rings. The molecule has 0 unspecified atom stereocenters. The Morgan fingerprint density at radius 2 is 1.77 bits per heavy atom. The fraction of sp³-hybridized carbons (Fsp3) is 0.121. The van der Waals surface area contributed by atoms with Crippen molar-refractivity contribution < 1.29 is 18.9 Å². The lowest BCUT2D eigenvalue weighted by molar-refractivity contribution is -0.384. The summed E-state index contributed by atoms with van der Waals surface area (Å²) in [6, 6.07) is 25.9. The third kappa shape index (κ3) is 5.54. The number of carbonyl (C=O) groups excluding carboxylic acids is 1. The van der Waals surface area contributed by atoms with Crippen molar-refractivity contribution in [2.45, 2.75) is 17.9 Å². The number of benzene rings is 3. The van der Waals surface area contributed by atoms with Gasteiger partial charge in [-0.15, -0.1) is 11.8 Å². The second-order valence-corrected chi connectivity index (χ2v) is 11.6. The van der Waals surface area contributed by atoms with Crippen LogP contribution in [0.5, 0.6) is 0 Å². The van der Waals surface area contributed by atoms with E-state index in [1.54, 1.807) is 53.6 Å². The first-order valence-corrected chi connectivity index (χ1v) is 15.7. The number of esters is 1. The summed E-state index contributed by atoms with van der Waals surface area (Å²) >= 11 is 2.80. The van der Waals surface area contributed by atoms with E-state index in [2.05, 4.69) is 0 Å². The maximum atomic E-state index is 14.1. The summed E-state index contributed by atoms with van der Waals surface area (Å²) < 4.78 is 13.4. The maximum absolute atomic E-state index is 14.1. The highest BCUT2D eigenvalue weighted by Gasteiger charge is 2.35. The number of hydrogen-bond acceptors (Lipinski definition) is 9. The molecule has 0 bridgehead atoms. The molecule has 2 aromatic heterocycles. The third-order valence-corrected chi connectivity index (χ3v) is 8.79. The van der Waals surface area contributed by atoms with Crippen LogP contribution < -0.4 is 14.9 Å². The van der Waals surface area contributed by atoms with E-state index >= 15 is 0 Å². The Labute approximate surface area is 259 Å². The molecule has 0 aliphatic carbocycles. The Balaban J connectivity index is 1.52. The summed E-state index contributed by atoms with van der Waals surface area (Å²) in [5.41, 5.74) is 2.54. The lowest BCUT2D eigenvalue weighted by Crippen LogP contribution is -2.40. The van der Waals surface area contributed by atoms with Crippen LogP contribution in [0.3, 0.4) is 0 Å². The van der Waals surface area contributed by atoms with Crippen molar-refractivity contribution in [3.05, 3.63) is 143 Å². The molecular formula is C33H25N3O6S2. The highest BCUT2D eigenvalue weighted by Crippen LogP contribution is 2.35. The van der Waals surface area contributed by atoms with Crippen molar-refractivity contribution in [2.24, 2.45) is 4.99 Å². The molecule has 11 heteroatoms. The van der Waals surface area contributed by atoms with Gasteiger partial charge in [0.05, 0.1) is 33.4 Å². The Kier molecular flexibility index (Phi) is 8.14. The van der Waals surface area contributed by atoms with Crippen molar-refractivity contribution in [2.75, 3.05) is 12.9 Å². The van der Waals surface area contributed by atoms with Gasteiger partial charge in [0, 0.05) is 34.2 Å². The number of non-ortho nitro benzene ring substituents is 1. The lowest BCUT2D eigenvalue weighted by Gasteiger charge is -2.26. The van der Waals surface area contributed by atoms with Gasteiger partial charge < -0.3 is 9.15 Å². The van der Waals surface area contributed by atoms with E-state index in [1.807, 2.05) is 60.9 Å². The second-order valence-electron chi connectivity index (χ2n) is 9.71. The summed E-state index contributed by atoms with van der Waals surface area (Å²) in [6.07, 6.45) is 3.63. The topological polar surface area (TPSA) is 117 Å². The highest BCUT2D eigenvalue weighted by molar-refractivity contribution is 7.98. The van der Waals surface area contributed by atoms with Crippen LogP contribution in [-0.4, -0.2) is 28.3 Å². The number of rotatable bonds is 8. The van der Waals surface area contributed by atoms with E-state index in [1.165, 1.54) is 23.5 Å². The Morgan fingerprint density at radius 3 is 2.43 bits per heavy atom. The van der Waals surface area contributed by atoms with Gasteiger partial charge in [-0.3, -0.25) is 19.5 Å². The zero-order valence-corrected chi connectivity index (χ0v) is 25.3. The molecule has 220 valence electrons. The van der Waals surface area contributed by atoms with Crippen LogP contribution in [0.15, 0.2) is 116 Å². The zero-order valence-electron chi connectivity index (χ0n) is 23.6. The molecule has 1 atom stereocenters. The summed E-state index contributed by atoms with van der Waals surface area (Å²) in [5.74, 6) is 0.390. The van der Waals surface area contributed by atoms with Crippen molar-refractivity contribution in [3.63, 3.8) is 0 Å². The molecule has 0 saturated heterocycles. The molecule has 3 heterocycles. The fourth-order valence-corrected chi connectivity index (χ4v) is 6.39. The molecule has 6 rings (SSSR count). The van der Waals surface area contributed by atoms with Crippen LogP contribution >= 0.6 is 23.1 Å². The minimum absolute atomic E-state index is 0.0173. The van der Waals surface area contributed by atoms with Gasteiger partial charge in [-0.05, 0) is 55.1 Å². The number of aromatic nitrogens is 1. The largest absolute Gasteiger partial charge is 0.463 e. The van der Waals surface area contributed by atoms with E-state index in [-0.39, 0.29) is 23.4 Å². The molecule has 44 heavy (non-hydrogen) atoms. The Morgan fingerprint density at radius 1 is 1.05 bits per heavy atom. The number of nitrogens with zero attached hydrogens (tertiary/aromatic N) is 3. The van der Waals surface area contributed by atoms with Crippen molar-refractivity contribution >= 4 is 46.5 Å². The number of nitro benzene ring substituents is 1. The number of hydrogen-bond donors (Lipinski definition) is 0. The smallest absolute Gasteiger partial charge is 0.338 e. The minimum atomic E-state index is -0.772. The average molecular weight is 624 g/mol. The van der Waals surface area contributed by atoms with E-state index in [9.17, 15) is 19.7 Å². The number of nitro groups is 1. The maximum Gasteiger partial charge on any atom is 0.338 e. The first-order valence-electron chi connectivity index (χ1n) is 13.6. The number of carbonyl (C=O) groups is 1. The van der Waals surface area contributed by atoms with Gasteiger partial charge >= 0.3 is 5.97 Å². The molecule has 0 radical (unpaired) electrons. The average Bonchev–Trinajstić information content (AvgIpc) is 3.65. The van der Waals surface area contributed by atoms with Crippen molar-refractivity contribution in [3.8, 4) is 11.3 Å². The van der Waals surface area contributed by atoms with Crippen LogP contribution in [0, 0.1) is 10.1 Å². The second kappa shape index (κ2) is 12.3. The van der Waals surface area contributed by atoms with Crippen LogP contribution in [0.2, 0.25) is 0 Å². The number of thioether (sulfide) groups is 1. The quantitative estimate of drug-likeness (QED) is 0.0925. The number of thiazole rings is 1. The molecule has 1 aliphatic heterocycles. The van der Waals surface area contributed by atoms with Gasteiger partial charge in [0.25, 0.3) is 11.2 Å². The van der Waals surface area contributed by atoms with E-state index < -0.39 is 16.9 Å². The van der Waals surface area contributed by atoms with Crippen LogP contribution in [0.4, 0.5) is 5.69 Å². The number of furan rings is 1. The van der Waals surface area contributed by atoms with Crippen molar-refractivity contribution in [1.29, 1.82) is 0 Å². The van der Waals surface area contributed by atoms with Gasteiger partial charge in [-0.25, -0.2) is 9.79 Å². The Bertz CT molecular complexity index is 2080. The molecule has 3 aromatic carbocycles. The standard InChI is InChI=1S/C33H25N3O6S2/c1-3-41-32(38)28-29(21-7-5-4-6-8-21)34-33-35(30(28)22-11-16-25(43-2)17-12-22)31(37)27(44-33)19-24-15-18-26(42-24)20-9-13-23(14-10-20)36(39)40/h4-19,30H,3H2,1-2H3/b27-19-/t30-/m1/s1. The van der Waals surface area contributed by atoms with Gasteiger partial charge in [-0.2, -0.15) is 0 Å².